The molecule has 1 heterocycles. The van der Waals surface area contributed by atoms with Crippen molar-refractivity contribution in [2.24, 2.45) is 0 Å². The zero-order valence-electron chi connectivity index (χ0n) is 23.0. The third kappa shape index (κ3) is 8.90. The molecule has 0 bridgehead atoms. The van der Waals surface area contributed by atoms with E-state index >= 15 is 0 Å². The minimum atomic E-state index is -0.533. The van der Waals surface area contributed by atoms with Crippen LogP contribution in [0.15, 0.2) is 36.4 Å². The molecule has 1 atom stereocenters. The number of hydrogen-bond donors (Lipinski definition) is 2. The lowest BCUT2D eigenvalue weighted by molar-refractivity contribution is 0.0893. The molecule has 0 aliphatic carbocycles. The number of benzene rings is 2. The Morgan fingerprint density at radius 3 is 2.03 bits per heavy atom. The molecular weight excluding hydrogens is 477 g/mol. The summed E-state index contributed by atoms with van der Waals surface area (Å²) < 4.78 is 13.3. The molecule has 7 heteroatoms. The van der Waals surface area contributed by atoms with E-state index in [2.05, 4.69) is 22.5 Å². The summed E-state index contributed by atoms with van der Waals surface area (Å²) in [7, 11) is 0. The Labute approximate surface area is 221 Å². The van der Waals surface area contributed by atoms with Crippen molar-refractivity contribution in [1.29, 1.82) is 0 Å². The summed E-state index contributed by atoms with van der Waals surface area (Å²) in [6, 6.07) is 10.3. The number of piperidine rings is 1. The molecule has 0 spiro atoms. The minimum Gasteiger partial charge on any atom is -0.350 e. The minimum absolute atomic E-state index is 0.0515. The molecule has 36 heavy (non-hydrogen) atoms. The number of aryl methyl sites for hydroxylation is 1. The molecule has 1 fully saturated rings. The molecule has 2 aromatic rings. The number of nitrogens with one attached hydrogen (secondary N) is 2. The van der Waals surface area contributed by atoms with Crippen LogP contribution in [0.4, 0.5) is 4.39 Å². The fourth-order valence-electron chi connectivity index (χ4n) is 4.17. The summed E-state index contributed by atoms with van der Waals surface area (Å²) in [5.74, 6) is -0.819. The van der Waals surface area contributed by atoms with Crippen LogP contribution < -0.4 is 10.6 Å². The maximum atomic E-state index is 13.3. The van der Waals surface area contributed by atoms with Crippen molar-refractivity contribution < 1.29 is 14.0 Å². The van der Waals surface area contributed by atoms with Crippen molar-refractivity contribution in [3.8, 4) is 0 Å². The summed E-state index contributed by atoms with van der Waals surface area (Å²) >= 11 is 5.79. The van der Waals surface area contributed by atoms with E-state index in [9.17, 15) is 14.0 Å². The van der Waals surface area contributed by atoms with Gasteiger partial charge in [0.05, 0.1) is 5.02 Å². The van der Waals surface area contributed by atoms with E-state index in [1.807, 2.05) is 66.7 Å². The zero-order valence-corrected chi connectivity index (χ0v) is 23.8. The molecule has 2 amide bonds. The van der Waals surface area contributed by atoms with Gasteiger partial charge >= 0.3 is 0 Å². The molecule has 1 unspecified atom stereocenters. The number of halogens is 2. The van der Waals surface area contributed by atoms with Crippen molar-refractivity contribution in [2.45, 2.75) is 86.4 Å². The van der Waals surface area contributed by atoms with Crippen molar-refractivity contribution >= 4 is 23.4 Å². The van der Waals surface area contributed by atoms with Gasteiger partial charge in [0.1, 0.15) is 5.82 Å². The maximum absolute atomic E-state index is 13.3. The van der Waals surface area contributed by atoms with Crippen LogP contribution in [0.2, 0.25) is 5.02 Å². The van der Waals surface area contributed by atoms with Crippen LogP contribution in [0.1, 0.15) is 99.2 Å². The molecule has 200 valence electrons. The van der Waals surface area contributed by atoms with Gasteiger partial charge in [-0.1, -0.05) is 45.4 Å². The number of amides is 2. The number of carbonyl (C=O) groups excluding carboxylic acids is 2. The average Bonchev–Trinajstić information content (AvgIpc) is 2.87. The van der Waals surface area contributed by atoms with E-state index in [-0.39, 0.29) is 35.0 Å². The summed E-state index contributed by atoms with van der Waals surface area (Å²) in [5.41, 5.74) is 3.34. The Morgan fingerprint density at radius 1 is 0.944 bits per heavy atom. The van der Waals surface area contributed by atoms with Crippen LogP contribution in [-0.4, -0.2) is 41.9 Å². The van der Waals surface area contributed by atoms with Crippen LogP contribution in [0, 0.1) is 12.7 Å². The second kappa shape index (κ2) is 15.6. The molecule has 2 aromatic carbocycles. The molecule has 1 aliphatic heterocycles. The van der Waals surface area contributed by atoms with Gasteiger partial charge < -0.3 is 10.6 Å². The predicted molar refractivity (Wildman–Crippen MR) is 148 cm³/mol. The third-order valence-electron chi connectivity index (χ3n) is 6.00. The predicted octanol–water partition coefficient (Wildman–Crippen LogP) is 6.93. The number of nitrogens with zero attached hydrogens (tertiary/aromatic N) is 1. The lowest BCUT2D eigenvalue weighted by Gasteiger charge is -2.37. The van der Waals surface area contributed by atoms with Crippen molar-refractivity contribution in [3.05, 3.63) is 69.5 Å². The number of likely N-dealkylation sites (tertiary alicyclic amines) is 1. The Bertz CT molecular complexity index is 988. The first kappa shape index (κ1) is 31.6. The number of carbonyl (C=O) groups is 2. The highest BCUT2D eigenvalue weighted by atomic mass is 35.5. The quantitative estimate of drug-likeness (QED) is 0.434. The molecule has 2 N–H and O–H groups in total. The highest BCUT2D eigenvalue weighted by molar-refractivity contribution is 6.31. The van der Waals surface area contributed by atoms with E-state index < -0.39 is 5.82 Å². The average molecular weight is 520 g/mol. The maximum Gasteiger partial charge on any atom is 0.251 e. The second-order valence-electron chi connectivity index (χ2n) is 8.79. The fourth-order valence-corrected chi connectivity index (χ4v) is 4.35. The normalized spacial score (nSPS) is 14.6. The van der Waals surface area contributed by atoms with Gasteiger partial charge in [0.2, 0.25) is 0 Å². The summed E-state index contributed by atoms with van der Waals surface area (Å²) in [4.78, 5) is 27.1. The van der Waals surface area contributed by atoms with Crippen LogP contribution in [-0.2, 0) is 0 Å². The number of hydrogen-bond acceptors (Lipinski definition) is 3. The molecule has 0 aromatic heterocycles. The van der Waals surface area contributed by atoms with Crippen molar-refractivity contribution in [2.75, 3.05) is 13.1 Å². The molecular formula is C29H43ClFN3O2. The Hall–Kier alpha value is -2.44. The molecule has 1 saturated heterocycles. The van der Waals surface area contributed by atoms with Crippen LogP contribution in [0.3, 0.4) is 0 Å². The van der Waals surface area contributed by atoms with E-state index in [1.165, 1.54) is 23.8 Å². The first-order chi connectivity index (χ1) is 17.2. The van der Waals surface area contributed by atoms with E-state index in [0.717, 1.165) is 31.5 Å². The first-order valence-corrected chi connectivity index (χ1v) is 13.4. The third-order valence-corrected chi connectivity index (χ3v) is 6.29. The smallest absolute Gasteiger partial charge is 0.251 e. The van der Waals surface area contributed by atoms with Gasteiger partial charge in [-0.25, -0.2) is 4.39 Å². The zero-order chi connectivity index (χ0) is 27.4. The van der Waals surface area contributed by atoms with E-state index in [0.29, 0.717) is 11.1 Å². The molecule has 5 nitrogen and oxygen atoms in total. The molecule has 0 saturated carbocycles. The lowest BCUT2D eigenvalue weighted by atomic mass is 9.95. The van der Waals surface area contributed by atoms with Gasteiger partial charge in [0, 0.05) is 42.3 Å². The molecule has 3 rings (SSSR count). The molecule has 0 radical (unpaired) electrons. The summed E-state index contributed by atoms with van der Waals surface area (Å²) in [6.45, 7) is 17.8. The van der Waals surface area contributed by atoms with Crippen LogP contribution in [0.5, 0.6) is 0 Å². The monoisotopic (exact) mass is 519 g/mol. The van der Waals surface area contributed by atoms with Gasteiger partial charge in [-0.2, -0.15) is 0 Å². The summed E-state index contributed by atoms with van der Waals surface area (Å²) in [6.07, 6.45) is 1.66. The number of rotatable bonds is 6. The Balaban J connectivity index is 0.00000154. The highest BCUT2D eigenvalue weighted by Crippen LogP contribution is 2.27. The summed E-state index contributed by atoms with van der Waals surface area (Å²) in [5, 5.41) is 5.91. The van der Waals surface area contributed by atoms with Gasteiger partial charge in [-0.3, -0.25) is 14.5 Å². The van der Waals surface area contributed by atoms with E-state index in [4.69, 9.17) is 11.6 Å². The first-order valence-electron chi connectivity index (χ1n) is 13.1. The van der Waals surface area contributed by atoms with Gasteiger partial charge in [0.25, 0.3) is 11.8 Å². The second-order valence-corrected chi connectivity index (χ2v) is 9.20. The lowest BCUT2D eigenvalue weighted by Crippen LogP contribution is -2.45. The Kier molecular flexibility index (Phi) is 13.7. The SMILES string of the molecule is CC.CC.Cc1cc(C(=O)NC(C)C)ccc1C(C)N1CCC(NC(=O)c2ccc(F)c(Cl)c2)CC1. The van der Waals surface area contributed by atoms with Crippen LogP contribution in [0.25, 0.3) is 0 Å². The Morgan fingerprint density at radius 2 is 1.50 bits per heavy atom. The standard InChI is InChI=1S/C25H31ClFN3O2.2C2H6/c1-15(2)28-24(31)18-5-7-21(16(3)13-18)17(4)30-11-9-20(10-12-30)29-25(32)19-6-8-23(27)22(26)14-19;2*1-2/h5-8,13-15,17,20H,9-12H2,1-4H3,(H,28,31)(H,29,32);2*1-2H3. The van der Waals surface area contributed by atoms with Crippen LogP contribution >= 0.6 is 11.6 Å². The molecule has 1 aliphatic rings. The van der Waals surface area contributed by atoms with Gasteiger partial charge in [0.15, 0.2) is 0 Å². The van der Waals surface area contributed by atoms with E-state index in [1.54, 1.807) is 0 Å². The van der Waals surface area contributed by atoms with Crippen molar-refractivity contribution in [3.63, 3.8) is 0 Å². The fraction of sp³-hybridized carbons (Fsp3) is 0.517. The largest absolute Gasteiger partial charge is 0.350 e. The topological polar surface area (TPSA) is 61.4 Å². The van der Waals surface area contributed by atoms with Gasteiger partial charge in [-0.15, -0.1) is 0 Å². The highest BCUT2D eigenvalue weighted by Gasteiger charge is 2.26. The van der Waals surface area contributed by atoms with Gasteiger partial charge in [-0.05, 0) is 82.0 Å². The van der Waals surface area contributed by atoms with Crippen molar-refractivity contribution in [1.82, 2.24) is 15.5 Å².